The highest BCUT2D eigenvalue weighted by atomic mass is 16.5. The van der Waals surface area contributed by atoms with Gasteiger partial charge >= 0.3 is 0 Å². The molecule has 1 aromatic carbocycles. The second kappa shape index (κ2) is 9.78. The minimum absolute atomic E-state index is 0.0196. The molecular weight excluding hydrogens is 314 g/mol. The van der Waals surface area contributed by atoms with Crippen molar-refractivity contribution in [3.63, 3.8) is 0 Å². The van der Waals surface area contributed by atoms with E-state index in [1.165, 1.54) is 13.0 Å². The Morgan fingerprint density at radius 3 is 2.40 bits per heavy atom. The van der Waals surface area contributed by atoms with Crippen molar-refractivity contribution in [3.05, 3.63) is 24.3 Å². The van der Waals surface area contributed by atoms with Crippen LogP contribution in [-0.4, -0.2) is 62.1 Å². The summed E-state index contributed by atoms with van der Waals surface area (Å²) in [6, 6.07) is 7.51. The molecule has 1 aromatic rings. The standard InChI is InChI=1S/C20H33N3O2/c1-16(2)13-17(3)14-22-9-11-23(12-10-22)15-20(24)21-18-7-5-6-8-19(18)25-4/h5-8,16-17H,9-15H2,1-4H3,(H,21,24)/t17-/m1/s1. The van der Waals surface area contributed by atoms with Crippen molar-refractivity contribution in [2.75, 3.05) is 51.7 Å². The number of methoxy groups -OCH3 is 1. The van der Waals surface area contributed by atoms with E-state index in [1.807, 2.05) is 24.3 Å². The van der Waals surface area contributed by atoms with Gasteiger partial charge in [-0.05, 0) is 30.4 Å². The van der Waals surface area contributed by atoms with E-state index in [2.05, 4.69) is 35.9 Å². The molecule has 0 spiro atoms. The molecule has 5 heteroatoms. The lowest BCUT2D eigenvalue weighted by molar-refractivity contribution is -0.117. The number of amides is 1. The topological polar surface area (TPSA) is 44.8 Å². The summed E-state index contributed by atoms with van der Waals surface area (Å²) in [7, 11) is 1.62. The minimum Gasteiger partial charge on any atom is -0.495 e. The summed E-state index contributed by atoms with van der Waals surface area (Å²) in [4.78, 5) is 17.1. The Hall–Kier alpha value is -1.59. The lowest BCUT2D eigenvalue weighted by atomic mass is 9.98. The fourth-order valence-corrected chi connectivity index (χ4v) is 3.59. The molecule has 1 heterocycles. The van der Waals surface area contributed by atoms with Gasteiger partial charge < -0.3 is 15.0 Å². The van der Waals surface area contributed by atoms with Crippen LogP contribution in [0.15, 0.2) is 24.3 Å². The van der Waals surface area contributed by atoms with Gasteiger partial charge in [0, 0.05) is 32.7 Å². The lowest BCUT2D eigenvalue weighted by Gasteiger charge is -2.35. The van der Waals surface area contributed by atoms with E-state index in [9.17, 15) is 4.79 Å². The van der Waals surface area contributed by atoms with Crippen molar-refractivity contribution in [1.29, 1.82) is 0 Å². The van der Waals surface area contributed by atoms with Crippen molar-refractivity contribution in [1.82, 2.24) is 9.80 Å². The highest BCUT2D eigenvalue weighted by Crippen LogP contribution is 2.23. The third kappa shape index (κ3) is 6.67. The maximum absolute atomic E-state index is 12.3. The van der Waals surface area contributed by atoms with E-state index in [4.69, 9.17) is 4.74 Å². The van der Waals surface area contributed by atoms with Crippen molar-refractivity contribution < 1.29 is 9.53 Å². The Bertz CT molecular complexity index is 539. The fraction of sp³-hybridized carbons (Fsp3) is 0.650. The SMILES string of the molecule is COc1ccccc1NC(=O)CN1CCN(C[C@H](C)CC(C)C)CC1. The van der Waals surface area contributed by atoms with E-state index in [-0.39, 0.29) is 5.91 Å². The molecule has 1 aliphatic rings. The second-order valence-corrected chi connectivity index (χ2v) is 7.56. The van der Waals surface area contributed by atoms with Gasteiger partial charge in [-0.15, -0.1) is 0 Å². The predicted octanol–water partition coefficient (Wildman–Crippen LogP) is 2.93. The Labute approximate surface area is 152 Å². The Morgan fingerprint density at radius 2 is 1.76 bits per heavy atom. The number of nitrogens with one attached hydrogen (secondary N) is 1. The summed E-state index contributed by atoms with van der Waals surface area (Å²) in [5.41, 5.74) is 0.733. The lowest BCUT2D eigenvalue weighted by Crippen LogP contribution is -2.49. The molecule has 1 N–H and O–H groups in total. The molecule has 25 heavy (non-hydrogen) atoms. The third-order valence-electron chi connectivity index (χ3n) is 4.66. The maximum Gasteiger partial charge on any atom is 0.238 e. The molecule has 140 valence electrons. The molecular formula is C20H33N3O2. The number of piperazine rings is 1. The number of hydrogen-bond acceptors (Lipinski definition) is 4. The average molecular weight is 348 g/mol. The Kier molecular flexibility index (Phi) is 7.72. The van der Waals surface area contributed by atoms with Crippen molar-refractivity contribution in [2.24, 2.45) is 11.8 Å². The van der Waals surface area contributed by atoms with Crippen LogP contribution in [0.5, 0.6) is 5.75 Å². The molecule has 5 nitrogen and oxygen atoms in total. The first-order valence-electron chi connectivity index (χ1n) is 9.35. The normalized spacial score (nSPS) is 17.5. The van der Waals surface area contributed by atoms with E-state index in [0.717, 1.165) is 43.7 Å². The minimum atomic E-state index is 0.0196. The predicted molar refractivity (Wildman–Crippen MR) is 103 cm³/mol. The average Bonchev–Trinajstić information content (AvgIpc) is 2.56. The smallest absolute Gasteiger partial charge is 0.238 e. The van der Waals surface area contributed by atoms with Crippen molar-refractivity contribution >= 4 is 11.6 Å². The highest BCUT2D eigenvalue weighted by Gasteiger charge is 2.20. The van der Waals surface area contributed by atoms with Crippen LogP contribution in [0.4, 0.5) is 5.69 Å². The van der Waals surface area contributed by atoms with E-state index < -0.39 is 0 Å². The third-order valence-corrected chi connectivity index (χ3v) is 4.66. The molecule has 2 rings (SSSR count). The van der Waals surface area contributed by atoms with E-state index in [1.54, 1.807) is 7.11 Å². The van der Waals surface area contributed by atoms with E-state index >= 15 is 0 Å². The number of nitrogens with zero attached hydrogens (tertiary/aromatic N) is 2. The Balaban J connectivity index is 1.73. The Morgan fingerprint density at radius 1 is 1.12 bits per heavy atom. The van der Waals surface area contributed by atoms with Crippen LogP contribution in [-0.2, 0) is 4.79 Å². The molecule has 0 aromatic heterocycles. The monoisotopic (exact) mass is 347 g/mol. The van der Waals surface area contributed by atoms with Crippen LogP contribution in [0.1, 0.15) is 27.2 Å². The molecule has 1 aliphatic heterocycles. The zero-order valence-corrected chi connectivity index (χ0v) is 16.1. The number of rotatable bonds is 8. The van der Waals surface area contributed by atoms with Crippen LogP contribution >= 0.6 is 0 Å². The van der Waals surface area contributed by atoms with E-state index in [0.29, 0.717) is 12.3 Å². The van der Waals surface area contributed by atoms with Gasteiger partial charge in [0.15, 0.2) is 0 Å². The zero-order chi connectivity index (χ0) is 18.2. The summed E-state index contributed by atoms with van der Waals surface area (Å²) in [6.07, 6.45) is 1.28. The van der Waals surface area contributed by atoms with Gasteiger partial charge in [0.2, 0.25) is 5.91 Å². The zero-order valence-electron chi connectivity index (χ0n) is 16.1. The van der Waals surface area contributed by atoms with Crippen LogP contribution in [0.25, 0.3) is 0 Å². The molecule has 1 amide bonds. The molecule has 0 aliphatic carbocycles. The maximum atomic E-state index is 12.3. The number of hydrogen-bond donors (Lipinski definition) is 1. The number of para-hydroxylation sites is 2. The van der Waals surface area contributed by atoms with Crippen LogP contribution in [0.3, 0.4) is 0 Å². The van der Waals surface area contributed by atoms with Crippen molar-refractivity contribution in [3.8, 4) is 5.75 Å². The fourth-order valence-electron chi connectivity index (χ4n) is 3.59. The van der Waals surface area contributed by atoms with Crippen LogP contribution < -0.4 is 10.1 Å². The van der Waals surface area contributed by atoms with Gasteiger partial charge in [0.25, 0.3) is 0 Å². The van der Waals surface area contributed by atoms with Gasteiger partial charge in [-0.1, -0.05) is 32.9 Å². The number of carbonyl (C=O) groups excluding carboxylic acids is 1. The summed E-state index contributed by atoms with van der Waals surface area (Å²) >= 11 is 0. The quantitative estimate of drug-likeness (QED) is 0.785. The van der Waals surface area contributed by atoms with Gasteiger partial charge in [0.1, 0.15) is 5.75 Å². The summed E-state index contributed by atoms with van der Waals surface area (Å²) in [5.74, 6) is 2.21. The molecule has 1 atom stereocenters. The molecule has 0 radical (unpaired) electrons. The number of ether oxygens (including phenoxy) is 1. The molecule has 1 saturated heterocycles. The number of benzene rings is 1. The summed E-state index contributed by atoms with van der Waals surface area (Å²) in [5, 5.41) is 2.95. The van der Waals surface area contributed by atoms with Gasteiger partial charge in [-0.3, -0.25) is 9.69 Å². The number of anilines is 1. The first kappa shape index (κ1) is 19.7. The van der Waals surface area contributed by atoms with Gasteiger partial charge in [0.05, 0.1) is 19.3 Å². The number of carbonyl (C=O) groups is 1. The first-order chi connectivity index (χ1) is 12.0. The van der Waals surface area contributed by atoms with Crippen molar-refractivity contribution in [2.45, 2.75) is 27.2 Å². The molecule has 0 saturated carbocycles. The highest BCUT2D eigenvalue weighted by molar-refractivity contribution is 5.93. The summed E-state index contributed by atoms with van der Waals surface area (Å²) < 4.78 is 5.28. The first-order valence-corrected chi connectivity index (χ1v) is 9.35. The van der Waals surface area contributed by atoms with Crippen LogP contribution in [0, 0.1) is 11.8 Å². The van der Waals surface area contributed by atoms with Gasteiger partial charge in [-0.25, -0.2) is 0 Å². The van der Waals surface area contributed by atoms with Gasteiger partial charge in [-0.2, -0.15) is 0 Å². The van der Waals surface area contributed by atoms with Crippen LogP contribution in [0.2, 0.25) is 0 Å². The molecule has 0 bridgehead atoms. The molecule has 0 unspecified atom stereocenters. The largest absolute Gasteiger partial charge is 0.495 e. The second-order valence-electron chi connectivity index (χ2n) is 7.56. The summed E-state index contributed by atoms with van der Waals surface area (Å²) in [6.45, 7) is 12.5. The molecule has 1 fully saturated rings.